The van der Waals surface area contributed by atoms with Gasteiger partial charge in [-0.2, -0.15) is 0 Å². The summed E-state index contributed by atoms with van der Waals surface area (Å²) in [5.41, 5.74) is 0.861. The number of hydrogen-bond donors (Lipinski definition) is 0. The van der Waals surface area contributed by atoms with Crippen molar-refractivity contribution in [2.75, 3.05) is 19.8 Å². The monoisotopic (exact) mass is 573 g/mol. The molecule has 0 saturated carbocycles. The second-order valence-electron chi connectivity index (χ2n) is 12.1. The molecule has 0 bridgehead atoms. The number of rotatable bonds is 13. The predicted octanol–water partition coefficient (Wildman–Crippen LogP) is 5.87. The number of fused-ring (bicyclic) bond motifs is 1. The molecule has 8 nitrogen and oxygen atoms in total. The Bertz CT molecular complexity index is 982. The summed E-state index contributed by atoms with van der Waals surface area (Å²) in [5, 5.41) is 0. The summed E-state index contributed by atoms with van der Waals surface area (Å²) in [4.78, 5) is 28.7. The van der Waals surface area contributed by atoms with Gasteiger partial charge in [0.1, 0.15) is 12.2 Å². The molecule has 10 atom stereocenters. The summed E-state index contributed by atoms with van der Waals surface area (Å²) in [6.45, 7) is 16.5. The first-order valence-electron chi connectivity index (χ1n) is 15.9. The van der Waals surface area contributed by atoms with E-state index in [1.807, 2.05) is 0 Å². The molecule has 1 aromatic rings. The van der Waals surface area contributed by atoms with Crippen LogP contribution in [-0.4, -0.2) is 79.4 Å². The van der Waals surface area contributed by atoms with Crippen LogP contribution in [0.5, 0.6) is 0 Å². The number of carbonyl (C=O) groups excluding carboxylic acids is 2. The Labute approximate surface area is 246 Å². The van der Waals surface area contributed by atoms with E-state index in [2.05, 4.69) is 48.5 Å². The van der Waals surface area contributed by atoms with Crippen LogP contribution in [0.2, 0.25) is 0 Å². The third-order valence-electron chi connectivity index (χ3n) is 9.43. The molecule has 230 valence electrons. The zero-order valence-corrected chi connectivity index (χ0v) is 26.0. The molecular formula is C33H51NO7. The summed E-state index contributed by atoms with van der Waals surface area (Å²) in [6, 6.07) is 6.44. The first kappa shape index (κ1) is 32.1. The number of benzene rings is 1. The van der Waals surface area contributed by atoms with Crippen molar-refractivity contribution in [1.29, 1.82) is 0 Å². The van der Waals surface area contributed by atoms with Gasteiger partial charge in [0.15, 0.2) is 6.29 Å². The van der Waals surface area contributed by atoms with Crippen molar-refractivity contribution < 1.29 is 33.3 Å². The van der Waals surface area contributed by atoms with Gasteiger partial charge in [0.2, 0.25) is 0 Å². The molecule has 8 heteroatoms. The number of nitrogens with zero attached hydrogens (tertiary/aromatic N) is 1. The number of hydrogen-bond acceptors (Lipinski definition) is 7. The minimum Gasteiger partial charge on any atom is -0.379 e. The Balaban J connectivity index is 1.67. The fourth-order valence-electron chi connectivity index (χ4n) is 6.46. The van der Waals surface area contributed by atoms with Gasteiger partial charge in [-0.25, -0.2) is 0 Å². The number of imide groups is 1. The summed E-state index contributed by atoms with van der Waals surface area (Å²) >= 11 is 0. The van der Waals surface area contributed by atoms with E-state index in [1.165, 1.54) is 4.90 Å². The third kappa shape index (κ3) is 6.72. The van der Waals surface area contributed by atoms with Crippen molar-refractivity contribution >= 4 is 11.8 Å². The van der Waals surface area contributed by atoms with Crippen molar-refractivity contribution in [3.05, 3.63) is 35.4 Å². The topological polar surface area (TPSA) is 83.5 Å². The maximum absolute atomic E-state index is 13.7. The smallest absolute Gasteiger partial charge is 0.261 e. The second kappa shape index (κ2) is 14.6. The lowest BCUT2D eigenvalue weighted by Gasteiger charge is -2.51. The van der Waals surface area contributed by atoms with Gasteiger partial charge in [0, 0.05) is 19.1 Å². The Morgan fingerprint density at radius 2 is 1.41 bits per heavy atom. The van der Waals surface area contributed by atoms with Gasteiger partial charge in [-0.15, -0.1) is 0 Å². The molecule has 0 aromatic heterocycles. The van der Waals surface area contributed by atoms with Crippen LogP contribution in [0, 0.1) is 17.8 Å². The normalized spacial score (nSPS) is 35.6. The van der Waals surface area contributed by atoms with E-state index >= 15 is 0 Å². The summed E-state index contributed by atoms with van der Waals surface area (Å²) in [6.07, 6.45) is 2.78. The van der Waals surface area contributed by atoms with E-state index in [9.17, 15) is 9.59 Å². The Kier molecular flexibility index (Phi) is 11.4. The average molecular weight is 574 g/mol. The quantitative estimate of drug-likeness (QED) is 0.216. The molecule has 3 heterocycles. The van der Waals surface area contributed by atoms with Gasteiger partial charge < -0.3 is 23.7 Å². The first-order valence-corrected chi connectivity index (χ1v) is 15.9. The molecule has 2 saturated heterocycles. The van der Waals surface area contributed by atoms with Crippen LogP contribution in [0.1, 0.15) is 101 Å². The van der Waals surface area contributed by atoms with Crippen LogP contribution in [0.15, 0.2) is 24.3 Å². The van der Waals surface area contributed by atoms with E-state index in [-0.39, 0.29) is 54.0 Å². The lowest BCUT2D eigenvalue weighted by molar-refractivity contribution is -0.313. The lowest BCUT2D eigenvalue weighted by atomic mass is 9.80. The minimum atomic E-state index is -0.821. The van der Waals surface area contributed by atoms with Crippen molar-refractivity contribution in [2.45, 2.75) is 123 Å². The second-order valence-corrected chi connectivity index (χ2v) is 12.1. The van der Waals surface area contributed by atoms with E-state index in [0.29, 0.717) is 30.9 Å². The van der Waals surface area contributed by atoms with Crippen molar-refractivity contribution in [1.82, 2.24) is 4.90 Å². The number of ether oxygens (including phenoxy) is 5. The van der Waals surface area contributed by atoms with Crippen LogP contribution in [0.3, 0.4) is 0 Å². The van der Waals surface area contributed by atoms with Gasteiger partial charge >= 0.3 is 0 Å². The molecule has 4 unspecified atom stereocenters. The molecule has 0 spiro atoms. The lowest BCUT2D eigenvalue weighted by Crippen LogP contribution is -2.63. The zero-order valence-electron chi connectivity index (χ0n) is 26.0. The van der Waals surface area contributed by atoms with Gasteiger partial charge in [-0.1, -0.05) is 66.5 Å². The van der Waals surface area contributed by atoms with E-state index in [0.717, 1.165) is 32.1 Å². The highest BCUT2D eigenvalue weighted by Gasteiger charge is 2.53. The highest BCUT2D eigenvalue weighted by atomic mass is 16.7. The summed E-state index contributed by atoms with van der Waals surface area (Å²) < 4.78 is 32.6. The molecule has 0 aliphatic carbocycles. The van der Waals surface area contributed by atoms with Crippen LogP contribution in [0.4, 0.5) is 0 Å². The highest BCUT2D eigenvalue weighted by Crippen LogP contribution is 2.41. The molecule has 2 amide bonds. The standard InChI is InChI=1S/C33H51NO7/c1-8-11-17-37-19-27-30(29(38-18-12-9-2)22(6)23(7)39-27)41-33-28(21(5)20(4)26(10-3)40-33)34-31(35)24-15-13-14-16-25(24)32(34)36/h13-16,20-23,26-30,33H,8-12,17-19H2,1-7H3/t20-,21-,22?,23+,26?,27?,28?,29+,30+,33-/m0/s1. The van der Waals surface area contributed by atoms with Crippen molar-refractivity contribution in [3.63, 3.8) is 0 Å². The Morgan fingerprint density at radius 1 is 0.780 bits per heavy atom. The van der Waals surface area contributed by atoms with Crippen LogP contribution in [0.25, 0.3) is 0 Å². The number of unbranched alkanes of at least 4 members (excludes halogenated alkanes) is 2. The average Bonchev–Trinajstić information content (AvgIpc) is 3.22. The first-order chi connectivity index (χ1) is 19.7. The maximum atomic E-state index is 13.7. The van der Waals surface area contributed by atoms with Crippen molar-refractivity contribution in [3.8, 4) is 0 Å². The predicted molar refractivity (Wildman–Crippen MR) is 157 cm³/mol. The van der Waals surface area contributed by atoms with Gasteiger partial charge in [-0.05, 0) is 50.2 Å². The molecule has 4 rings (SSSR count). The molecule has 3 aliphatic heterocycles. The van der Waals surface area contributed by atoms with Crippen LogP contribution < -0.4 is 0 Å². The van der Waals surface area contributed by atoms with Crippen LogP contribution >= 0.6 is 0 Å². The molecular weight excluding hydrogens is 522 g/mol. The fraction of sp³-hybridized carbons (Fsp3) is 0.758. The maximum Gasteiger partial charge on any atom is 0.261 e. The van der Waals surface area contributed by atoms with Gasteiger partial charge in [-0.3, -0.25) is 14.5 Å². The van der Waals surface area contributed by atoms with E-state index < -0.39 is 18.4 Å². The van der Waals surface area contributed by atoms with Gasteiger partial charge in [0.25, 0.3) is 11.8 Å². The van der Waals surface area contributed by atoms with Gasteiger partial charge in [0.05, 0.1) is 42.1 Å². The summed E-state index contributed by atoms with van der Waals surface area (Å²) in [7, 11) is 0. The molecule has 2 fully saturated rings. The number of amides is 2. The molecule has 0 radical (unpaired) electrons. The Hall–Kier alpha value is -1.84. The fourth-order valence-corrected chi connectivity index (χ4v) is 6.46. The van der Waals surface area contributed by atoms with E-state index in [4.69, 9.17) is 23.7 Å². The Morgan fingerprint density at radius 3 is 2.02 bits per heavy atom. The van der Waals surface area contributed by atoms with E-state index in [1.54, 1.807) is 24.3 Å². The molecule has 3 aliphatic rings. The molecule has 0 N–H and O–H groups in total. The summed E-state index contributed by atoms with van der Waals surface area (Å²) in [5.74, 6) is -0.429. The minimum absolute atomic E-state index is 0.0390. The highest BCUT2D eigenvalue weighted by molar-refractivity contribution is 6.21. The third-order valence-corrected chi connectivity index (χ3v) is 9.43. The largest absolute Gasteiger partial charge is 0.379 e. The van der Waals surface area contributed by atoms with Crippen LogP contribution in [-0.2, 0) is 23.7 Å². The SMILES string of the molecule is CCCCOCC1O[C@H](C)C(C)[C@@H](OCCCC)[C@@H]1O[C@@H]1OC(CC)[C@@H](C)[C@H](C)C1N1C(=O)c2ccccc2C1=O. The molecule has 41 heavy (non-hydrogen) atoms. The molecule has 1 aromatic carbocycles. The van der Waals surface area contributed by atoms with Crippen molar-refractivity contribution in [2.24, 2.45) is 17.8 Å². The number of carbonyl (C=O) groups is 2. The zero-order chi connectivity index (χ0) is 29.7.